The fourth-order valence-corrected chi connectivity index (χ4v) is 7.19. The third-order valence-corrected chi connectivity index (χ3v) is 9.08. The Morgan fingerprint density at radius 3 is 2.54 bits per heavy atom. The Kier molecular flexibility index (Phi) is 7.25. The van der Waals surface area contributed by atoms with Crippen LogP contribution in [-0.2, 0) is 11.3 Å². The van der Waals surface area contributed by atoms with Crippen LogP contribution in [0.25, 0.3) is 22.3 Å². The molecule has 39 heavy (non-hydrogen) atoms. The third-order valence-electron chi connectivity index (χ3n) is 8.85. The van der Waals surface area contributed by atoms with Crippen LogP contribution in [0.4, 0.5) is 0 Å². The predicted molar refractivity (Wildman–Crippen MR) is 154 cm³/mol. The lowest BCUT2D eigenvalue weighted by Gasteiger charge is -2.44. The van der Waals surface area contributed by atoms with Gasteiger partial charge in [0.05, 0.1) is 17.0 Å². The lowest BCUT2D eigenvalue weighted by molar-refractivity contribution is -0.122. The zero-order valence-corrected chi connectivity index (χ0v) is 23.4. The number of aromatic nitrogens is 2. The van der Waals surface area contributed by atoms with E-state index >= 15 is 0 Å². The van der Waals surface area contributed by atoms with Crippen LogP contribution in [0.15, 0.2) is 47.3 Å². The van der Waals surface area contributed by atoms with Gasteiger partial charge in [0.15, 0.2) is 0 Å². The molecule has 3 aliphatic rings. The number of carbonyl (C=O) groups is 1. The van der Waals surface area contributed by atoms with Crippen molar-refractivity contribution in [3.63, 3.8) is 0 Å². The van der Waals surface area contributed by atoms with Crippen LogP contribution in [0.1, 0.15) is 63.9 Å². The Bertz CT molecular complexity index is 1430. The molecule has 2 bridgehead atoms. The summed E-state index contributed by atoms with van der Waals surface area (Å²) in [7, 11) is 0. The molecule has 1 aliphatic carbocycles. The van der Waals surface area contributed by atoms with Crippen LogP contribution in [-0.4, -0.2) is 56.2 Å². The number of nitrogens with one attached hydrogen (secondary N) is 1. The van der Waals surface area contributed by atoms with Crippen molar-refractivity contribution in [3.05, 3.63) is 63.4 Å². The average Bonchev–Trinajstić information content (AvgIpc) is 3.10. The van der Waals surface area contributed by atoms with Gasteiger partial charge in [-0.2, -0.15) is 0 Å². The van der Waals surface area contributed by atoms with Crippen molar-refractivity contribution in [2.24, 2.45) is 5.92 Å². The lowest BCUT2D eigenvalue weighted by atomic mass is 9.71. The minimum atomic E-state index is -0.228. The summed E-state index contributed by atoms with van der Waals surface area (Å²) in [6, 6.07) is 14.3. The summed E-state index contributed by atoms with van der Waals surface area (Å²) < 4.78 is 1.47. The maximum Gasteiger partial charge on any atom is 0.262 e. The van der Waals surface area contributed by atoms with Crippen LogP contribution < -0.4 is 10.9 Å². The Hall–Kier alpha value is -2.74. The number of nitrogens with zero attached hydrogens (tertiary/aromatic N) is 3. The lowest BCUT2D eigenvalue weighted by Crippen LogP contribution is -2.48. The molecule has 1 amide bonds. The second kappa shape index (κ2) is 10.7. The molecule has 2 saturated heterocycles. The molecular weight excluding hydrogens is 512 g/mol. The molecule has 206 valence electrons. The molecular formula is C31H37ClN4O3. The summed E-state index contributed by atoms with van der Waals surface area (Å²) >= 11 is 6.25. The van der Waals surface area contributed by atoms with E-state index in [4.69, 9.17) is 16.6 Å². The van der Waals surface area contributed by atoms with Crippen molar-refractivity contribution in [2.75, 3.05) is 6.54 Å². The molecule has 1 saturated carbocycles. The van der Waals surface area contributed by atoms with E-state index in [0.29, 0.717) is 51.2 Å². The zero-order chi connectivity index (χ0) is 27.3. The Labute approximate surface area is 234 Å². The summed E-state index contributed by atoms with van der Waals surface area (Å²) in [6.07, 6.45) is 6.37. The number of aliphatic hydroxyl groups is 1. The van der Waals surface area contributed by atoms with Gasteiger partial charge < -0.3 is 10.4 Å². The van der Waals surface area contributed by atoms with Gasteiger partial charge in [-0.25, -0.2) is 4.98 Å². The summed E-state index contributed by atoms with van der Waals surface area (Å²) in [6.45, 7) is 4.81. The van der Waals surface area contributed by atoms with E-state index in [0.717, 1.165) is 32.2 Å². The number of rotatable bonds is 7. The fourth-order valence-electron chi connectivity index (χ4n) is 7.00. The minimum absolute atomic E-state index is 0.0281. The van der Waals surface area contributed by atoms with Gasteiger partial charge >= 0.3 is 0 Å². The van der Waals surface area contributed by atoms with Crippen molar-refractivity contribution in [1.29, 1.82) is 0 Å². The molecule has 0 radical (unpaired) electrons. The number of aliphatic hydroxyl groups excluding tert-OH is 1. The van der Waals surface area contributed by atoms with E-state index in [1.807, 2.05) is 38.1 Å². The molecule has 2 aliphatic heterocycles. The summed E-state index contributed by atoms with van der Waals surface area (Å²) in [5, 5.41) is 14.1. The fraction of sp³-hybridized carbons (Fsp3) is 0.516. The quantitative estimate of drug-likeness (QED) is 0.446. The number of piperidine rings is 1. The topological polar surface area (TPSA) is 87.5 Å². The first-order valence-corrected chi connectivity index (χ1v) is 14.7. The summed E-state index contributed by atoms with van der Waals surface area (Å²) in [4.78, 5) is 34.0. The van der Waals surface area contributed by atoms with E-state index in [-0.39, 0.29) is 30.2 Å². The molecule has 3 heterocycles. The Balaban J connectivity index is 1.25. The first kappa shape index (κ1) is 26.5. The highest BCUT2D eigenvalue weighted by Crippen LogP contribution is 2.45. The van der Waals surface area contributed by atoms with E-state index < -0.39 is 0 Å². The number of halogens is 1. The number of carbonyl (C=O) groups excluding carboxylic acids is 1. The van der Waals surface area contributed by atoms with Crippen LogP contribution in [0, 0.1) is 5.92 Å². The van der Waals surface area contributed by atoms with Gasteiger partial charge in [-0.15, -0.1) is 0 Å². The normalized spacial score (nSPS) is 26.6. The van der Waals surface area contributed by atoms with Gasteiger partial charge in [-0.3, -0.25) is 19.1 Å². The van der Waals surface area contributed by atoms with Crippen molar-refractivity contribution in [3.8, 4) is 11.4 Å². The first-order chi connectivity index (χ1) is 18.7. The molecule has 2 atom stereocenters. The predicted octanol–water partition coefficient (Wildman–Crippen LogP) is 4.72. The van der Waals surface area contributed by atoms with Gasteiger partial charge in [-0.1, -0.05) is 29.8 Å². The van der Waals surface area contributed by atoms with Gasteiger partial charge in [0.2, 0.25) is 5.91 Å². The molecule has 7 nitrogen and oxygen atoms in total. The van der Waals surface area contributed by atoms with E-state index in [1.165, 1.54) is 23.0 Å². The Morgan fingerprint density at radius 2 is 1.85 bits per heavy atom. The van der Waals surface area contributed by atoms with E-state index in [1.54, 1.807) is 12.1 Å². The molecule has 2 N–H and O–H groups in total. The number of fused-ring (bicyclic) bond motifs is 3. The summed E-state index contributed by atoms with van der Waals surface area (Å²) in [5.41, 5.74) is 2.28. The van der Waals surface area contributed by atoms with Crippen LogP contribution in [0.2, 0.25) is 5.02 Å². The second-order valence-corrected chi connectivity index (χ2v) is 12.5. The molecule has 2 unspecified atom stereocenters. The number of amides is 1. The third kappa shape index (κ3) is 5.37. The standard InChI is InChI=1S/C31H37ClN4O3/c1-18(2)33-29(38)17-36-30(21-4-3-5-23(32)12-21)34-28-9-6-20(13-27(28)31(36)39)22-10-19(11-22)16-35-24-7-8-25(35)15-26(37)14-24/h3-6,9,12-13,18-19,22,24-26,37H,7-8,10-11,14-17H2,1-2H3,(H,33,38)/t19-,22-,24?,25?,26?. The molecule has 0 spiro atoms. The monoisotopic (exact) mass is 548 g/mol. The van der Waals surface area contributed by atoms with Crippen LogP contribution in [0.3, 0.4) is 0 Å². The molecule has 1 aromatic heterocycles. The molecule has 3 fully saturated rings. The maximum absolute atomic E-state index is 13.8. The maximum atomic E-state index is 13.8. The largest absolute Gasteiger partial charge is 0.393 e. The second-order valence-electron chi connectivity index (χ2n) is 12.1. The highest BCUT2D eigenvalue weighted by Gasteiger charge is 2.42. The van der Waals surface area contributed by atoms with Gasteiger partial charge in [0, 0.05) is 35.3 Å². The number of hydrogen-bond donors (Lipinski definition) is 2. The van der Waals surface area contributed by atoms with Gasteiger partial charge in [0.25, 0.3) is 5.56 Å². The minimum Gasteiger partial charge on any atom is -0.393 e. The Morgan fingerprint density at radius 1 is 1.10 bits per heavy atom. The van der Waals surface area contributed by atoms with Crippen LogP contribution >= 0.6 is 11.6 Å². The SMILES string of the molecule is CC(C)NC(=O)Cn1c(-c2cccc(Cl)c2)nc2ccc([C@H]3C[C@H](CN4C5CCC4CC(O)C5)C3)cc2c1=O. The van der Waals surface area contributed by atoms with Crippen LogP contribution in [0.5, 0.6) is 0 Å². The molecule has 2 aromatic carbocycles. The van der Waals surface area contributed by atoms with E-state index in [2.05, 4.69) is 16.3 Å². The molecule has 3 aromatic rings. The highest BCUT2D eigenvalue weighted by atomic mass is 35.5. The number of hydrogen-bond acceptors (Lipinski definition) is 5. The smallest absolute Gasteiger partial charge is 0.262 e. The summed E-state index contributed by atoms with van der Waals surface area (Å²) in [5.74, 6) is 1.29. The highest BCUT2D eigenvalue weighted by molar-refractivity contribution is 6.30. The van der Waals surface area contributed by atoms with E-state index in [9.17, 15) is 14.7 Å². The van der Waals surface area contributed by atoms with Crippen molar-refractivity contribution < 1.29 is 9.90 Å². The van der Waals surface area contributed by atoms with Gasteiger partial charge in [0.1, 0.15) is 12.4 Å². The van der Waals surface area contributed by atoms with Crippen molar-refractivity contribution >= 4 is 28.4 Å². The van der Waals surface area contributed by atoms with Crippen molar-refractivity contribution in [2.45, 2.75) is 89.1 Å². The molecule has 6 rings (SSSR count). The zero-order valence-electron chi connectivity index (χ0n) is 22.6. The van der Waals surface area contributed by atoms with Crippen molar-refractivity contribution in [1.82, 2.24) is 19.8 Å². The average molecular weight is 549 g/mol. The first-order valence-electron chi connectivity index (χ1n) is 14.3. The van der Waals surface area contributed by atoms with Gasteiger partial charge in [-0.05, 0) is 94.0 Å². The number of benzene rings is 2. The molecule has 8 heteroatoms.